The van der Waals surface area contributed by atoms with Gasteiger partial charge in [-0.2, -0.15) is 5.10 Å². The minimum absolute atomic E-state index is 0.187. The van der Waals surface area contributed by atoms with Crippen LogP contribution in [0.2, 0.25) is 0 Å². The highest BCUT2D eigenvalue weighted by Gasteiger charge is 2.08. The van der Waals surface area contributed by atoms with Crippen LogP contribution in [0, 0.1) is 0 Å². The minimum Gasteiger partial charge on any atom is -0.497 e. The van der Waals surface area contributed by atoms with Gasteiger partial charge in [0, 0.05) is 16.8 Å². The summed E-state index contributed by atoms with van der Waals surface area (Å²) in [6.45, 7) is -0.187. The molecule has 0 heterocycles. The van der Waals surface area contributed by atoms with Gasteiger partial charge in [0.2, 0.25) is 0 Å². The maximum absolute atomic E-state index is 12.2. The molecule has 32 heavy (non-hydrogen) atoms. The van der Waals surface area contributed by atoms with Gasteiger partial charge in [0.15, 0.2) is 6.61 Å². The van der Waals surface area contributed by atoms with E-state index in [1.165, 1.54) is 13.3 Å². The van der Waals surface area contributed by atoms with Crippen LogP contribution in [0.3, 0.4) is 0 Å². The van der Waals surface area contributed by atoms with Crippen LogP contribution in [0.1, 0.15) is 15.9 Å². The lowest BCUT2D eigenvalue weighted by atomic mass is 10.2. The molecule has 0 fully saturated rings. The first-order valence-electron chi connectivity index (χ1n) is 9.72. The van der Waals surface area contributed by atoms with Crippen LogP contribution in [0.4, 0.5) is 5.69 Å². The van der Waals surface area contributed by atoms with Gasteiger partial charge in [-0.25, -0.2) is 5.43 Å². The maximum Gasteiger partial charge on any atom is 0.271 e. The Morgan fingerprint density at radius 2 is 1.66 bits per heavy atom. The fraction of sp³-hybridized carbons (Fsp3) is 0.125. The first-order chi connectivity index (χ1) is 15.6. The van der Waals surface area contributed by atoms with Gasteiger partial charge in [0.1, 0.15) is 17.2 Å². The molecule has 0 radical (unpaired) electrons. The number of nitrogens with one attached hydrogen (secondary N) is 2. The predicted octanol–water partition coefficient (Wildman–Crippen LogP) is 3.49. The summed E-state index contributed by atoms with van der Waals surface area (Å²) >= 11 is 0. The monoisotopic (exact) mass is 433 g/mol. The summed E-state index contributed by atoms with van der Waals surface area (Å²) in [5.41, 5.74) is 4.12. The van der Waals surface area contributed by atoms with Crippen molar-refractivity contribution in [1.29, 1.82) is 0 Å². The average molecular weight is 433 g/mol. The molecule has 0 aliphatic heterocycles. The maximum atomic E-state index is 12.2. The van der Waals surface area contributed by atoms with Crippen LogP contribution in [0.15, 0.2) is 77.9 Å². The van der Waals surface area contributed by atoms with Crippen molar-refractivity contribution in [3.63, 3.8) is 0 Å². The summed E-state index contributed by atoms with van der Waals surface area (Å²) in [5, 5.41) is 6.74. The van der Waals surface area contributed by atoms with E-state index in [1.807, 2.05) is 0 Å². The predicted molar refractivity (Wildman–Crippen MR) is 122 cm³/mol. The highest BCUT2D eigenvalue weighted by molar-refractivity contribution is 5.95. The number of anilines is 1. The highest BCUT2D eigenvalue weighted by Crippen LogP contribution is 2.17. The Labute approximate surface area is 185 Å². The fourth-order valence-electron chi connectivity index (χ4n) is 2.72. The van der Waals surface area contributed by atoms with E-state index in [4.69, 9.17) is 14.2 Å². The van der Waals surface area contributed by atoms with Crippen molar-refractivity contribution in [2.75, 3.05) is 26.1 Å². The Hall–Kier alpha value is -4.33. The Bertz CT molecular complexity index is 1100. The Balaban J connectivity index is 1.56. The summed E-state index contributed by atoms with van der Waals surface area (Å²) in [7, 11) is 3.11. The van der Waals surface area contributed by atoms with Crippen LogP contribution >= 0.6 is 0 Å². The molecule has 2 amide bonds. The first kappa shape index (κ1) is 22.4. The summed E-state index contributed by atoms with van der Waals surface area (Å²) in [4.78, 5) is 24.4. The van der Waals surface area contributed by atoms with Gasteiger partial charge in [-0.15, -0.1) is 0 Å². The lowest BCUT2D eigenvalue weighted by Crippen LogP contribution is -2.20. The van der Waals surface area contributed by atoms with Gasteiger partial charge in [0.05, 0.1) is 20.4 Å². The van der Waals surface area contributed by atoms with Crippen LogP contribution in [0.25, 0.3) is 0 Å². The zero-order chi connectivity index (χ0) is 22.8. The molecule has 0 aliphatic carbocycles. The molecule has 8 nitrogen and oxygen atoms in total. The number of carbonyl (C=O) groups excluding carboxylic acids is 2. The molecule has 3 rings (SSSR count). The zero-order valence-corrected chi connectivity index (χ0v) is 17.7. The van der Waals surface area contributed by atoms with Crippen molar-refractivity contribution < 1.29 is 23.8 Å². The molecular formula is C24H23N3O5. The summed E-state index contributed by atoms with van der Waals surface area (Å²) < 4.78 is 15.8. The molecule has 3 aromatic rings. The second-order valence-corrected chi connectivity index (χ2v) is 6.53. The molecular weight excluding hydrogens is 410 g/mol. The normalized spacial score (nSPS) is 10.4. The van der Waals surface area contributed by atoms with E-state index in [-0.39, 0.29) is 18.4 Å². The lowest BCUT2D eigenvalue weighted by molar-refractivity contribution is -0.118. The van der Waals surface area contributed by atoms with E-state index in [2.05, 4.69) is 15.8 Å². The third kappa shape index (κ3) is 6.33. The zero-order valence-electron chi connectivity index (χ0n) is 17.7. The van der Waals surface area contributed by atoms with E-state index in [9.17, 15) is 9.59 Å². The molecule has 0 aromatic heterocycles. The number of hydrazone groups is 1. The van der Waals surface area contributed by atoms with Crippen molar-refractivity contribution in [1.82, 2.24) is 5.43 Å². The van der Waals surface area contributed by atoms with Gasteiger partial charge in [0.25, 0.3) is 11.8 Å². The number of hydrogen-bond donors (Lipinski definition) is 2. The SMILES string of the molecule is COc1ccc(NC(=O)COc2ccccc2C=NNC(=O)c2cccc(OC)c2)cc1. The van der Waals surface area contributed by atoms with Gasteiger partial charge in [-0.1, -0.05) is 18.2 Å². The average Bonchev–Trinajstić information content (AvgIpc) is 2.84. The van der Waals surface area contributed by atoms with Crippen LogP contribution < -0.4 is 25.0 Å². The topological polar surface area (TPSA) is 98.3 Å². The van der Waals surface area contributed by atoms with Crippen molar-refractivity contribution in [2.45, 2.75) is 0 Å². The van der Waals surface area contributed by atoms with Crippen molar-refractivity contribution in [3.8, 4) is 17.2 Å². The van der Waals surface area contributed by atoms with Gasteiger partial charge >= 0.3 is 0 Å². The molecule has 2 N–H and O–H groups in total. The van der Waals surface area contributed by atoms with Crippen LogP contribution in [-0.2, 0) is 4.79 Å². The molecule has 3 aromatic carbocycles. The Kier molecular flexibility index (Phi) is 7.80. The number of benzene rings is 3. The molecule has 0 saturated carbocycles. The fourth-order valence-corrected chi connectivity index (χ4v) is 2.72. The molecule has 8 heteroatoms. The van der Waals surface area contributed by atoms with E-state index in [0.717, 1.165) is 0 Å². The molecule has 0 bridgehead atoms. The number of nitrogens with zero attached hydrogens (tertiary/aromatic N) is 1. The van der Waals surface area contributed by atoms with Crippen molar-refractivity contribution in [2.24, 2.45) is 5.10 Å². The Morgan fingerprint density at radius 3 is 2.41 bits per heavy atom. The quantitative estimate of drug-likeness (QED) is 0.398. The number of ether oxygens (including phenoxy) is 3. The summed E-state index contributed by atoms with van der Waals surface area (Å²) in [6.07, 6.45) is 1.45. The molecule has 164 valence electrons. The van der Waals surface area contributed by atoms with Gasteiger partial charge < -0.3 is 19.5 Å². The standard InChI is InChI=1S/C24H23N3O5/c1-30-20-12-10-19(11-13-20)26-23(28)16-32-22-9-4-3-6-18(22)15-25-27-24(29)17-7-5-8-21(14-17)31-2/h3-15H,16H2,1-2H3,(H,26,28)(H,27,29). The molecule has 0 spiro atoms. The molecule has 0 aliphatic rings. The third-order valence-corrected chi connectivity index (χ3v) is 4.35. The second-order valence-electron chi connectivity index (χ2n) is 6.53. The van der Waals surface area contributed by atoms with Crippen molar-refractivity contribution in [3.05, 3.63) is 83.9 Å². The van der Waals surface area contributed by atoms with E-state index >= 15 is 0 Å². The molecule has 0 atom stereocenters. The van der Waals surface area contributed by atoms with Crippen LogP contribution in [0.5, 0.6) is 17.2 Å². The summed E-state index contributed by atoms with van der Waals surface area (Å²) in [5.74, 6) is 1.04. The molecule has 0 unspecified atom stereocenters. The van der Waals surface area contributed by atoms with Crippen molar-refractivity contribution >= 4 is 23.7 Å². The van der Waals surface area contributed by atoms with Crippen LogP contribution in [-0.4, -0.2) is 38.9 Å². The minimum atomic E-state index is -0.377. The molecule has 0 saturated heterocycles. The van der Waals surface area contributed by atoms with E-state index in [1.54, 1.807) is 79.9 Å². The Morgan fingerprint density at radius 1 is 0.906 bits per heavy atom. The second kappa shape index (κ2) is 11.2. The van der Waals surface area contributed by atoms with E-state index in [0.29, 0.717) is 34.1 Å². The summed E-state index contributed by atoms with van der Waals surface area (Å²) in [6, 6.07) is 20.8. The highest BCUT2D eigenvalue weighted by atomic mass is 16.5. The van der Waals surface area contributed by atoms with Gasteiger partial charge in [-0.3, -0.25) is 9.59 Å². The number of methoxy groups -OCH3 is 2. The van der Waals surface area contributed by atoms with Gasteiger partial charge in [-0.05, 0) is 54.6 Å². The number of amides is 2. The smallest absolute Gasteiger partial charge is 0.271 e. The third-order valence-electron chi connectivity index (χ3n) is 4.35. The number of rotatable bonds is 9. The number of para-hydroxylation sites is 1. The first-order valence-corrected chi connectivity index (χ1v) is 9.72. The van der Waals surface area contributed by atoms with E-state index < -0.39 is 0 Å². The number of hydrogen-bond acceptors (Lipinski definition) is 6. The largest absolute Gasteiger partial charge is 0.497 e. The number of carbonyl (C=O) groups is 2. The lowest BCUT2D eigenvalue weighted by Gasteiger charge is -2.10.